The van der Waals surface area contributed by atoms with Crippen LogP contribution in [0.3, 0.4) is 0 Å². The Morgan fingerprint density at radius 3 is 2.44 bits per heavy atom. The minimum absolute atomic E-state index is 0.00182. The summed E-state index contributed by atoms with van der Waals surface area (Å²) in [4.78, 5) is 17.7. The van der Waals surface area contributed by atoms with E-state index in [1.54, 1.807) is 6.07 Å². The predicted octanol–water partition coefficient (Wildman–Crippen LogP) is 9.64. The molecule has 3 saturated heterocycles. The number of allylic oxidation sites excluding steroid dienone is 2. The van der Waals surface area contributed by atoms with Crippen molar-refractivity contribution in [2.45, 2.75) is 90.6 Å². The molecule has 2 N–H and O–H groups in total. The fourth-order valence-electron chi connectivity index (χ4n) is 10.4. The number of aromatic nitrogens is 5. The van der Waals surface area contributed by atoms with E-state index in [0.717, 1.165) is 179 Å². The molecule has 0 aliphatic carbocycles. The molecule has 1 unspecified atom stereocenters. The Kier molecular flexibility index (Phi) is 12.4. The first-order valence-corrected chi connectivity index (χ1v) is 23.1. The molecule has 9 rings (SSSR count). The van der Waals surface area contributed by atoms with Crippen molar-refractivity contribution in [1.29, 1.82) is 0 Å². The van der Waals surface area contributed by atoms with Gasteiger partial charge >= 0.3 is 0 Å². The van der Waals surface area contributed by atoms with Gasteiger partial charge in [-0.1, -0.05) is 45.2 Å². The van der Waals surface area contributed by atoms with E-state index in [0.29, 0.717) is 5.92 Å². The molecule has 62 heavy (non-hydrogen) atoms. The van der Waals surface area contributed by atoms with Gasteiger partial charge in [0.25, 0.3) is 0 Å². The number of halogens is 1. The highest BCUT2D eigenvalue weighted by Gasteiger charge is 2.27. The molecule has 11 heteroatoms. The lowest BCUT2D eigenvalue weighted by atomic mass is 9.87. The van der Waals surface area contributed by atoms with Crippen LogP contribution in [-0.2, 0) is 26.6 Å². The summed E-state index contributed by atoms with van der Waals surface area (Å²) in [5.41, 5.74) is 13.1. The lowest BCUT2D eigenvalue weighted by Gasteiger charge is -2.37. The monoisotopic (exact) mass is 837 g/mol. The third-order valence-electron chi connectivity index (χ3n) is 14.1. The average Bonchev–Trinajstić information content (AvgIpc) is 3.80. The second kappa shape index (κ2) is 18.2. The fraction of sp³-hybridized carbons (Fsp3) is 0.471. The van der Waals surface area contributed by atoms with Crippen molar-refractivity contribution < 1.29 is 4.39 Å². The van der Waals surface area contributed by atoms with E-state index >= 15 is 4.39 Å². The number of imidazole rings is 1. The summed E-state index contributed by atoms with van der Waals surface area (Å²) in [5.74, 6) is 1.92. The zero-order valence-corrected chi connectivity index (χ0v) is 37.2. The van der Waals surface area contributed by atoms with Gasteiger partial charge < -0.3 is 25.0 Å². The zero-order valence-electron chi connectivity index (χ0n) is 37.2. The van der Waals surface area contributed by atoms with Crippen molar-refractivity contribution in [2.24, 2.45) is 18.9 Å². The summed E-state index contributed by atoms with van der Waals surface area (Å²) in [6.07, 6.45) is 11.6. The van der Waals surface area contributed by atoms with Gasteiger partial charge in [-0.2, -0.15) is 5.10 Å². The highest BCUT2D eigenvalue weighted by molar-refractivity contribution is 5.83. The van der Waals surface area contributed by atoms with Gasteiger partial charge in [0.15, 0.2) is 0 Å². The zero-order chi connectivity index (χ0) is 42.9. The highest BCUT2D eigenvalue weighted by atomic mass is 19.1. The number of hydrogen-bond donors (Lipinski definition) is 2. The number of nitrogens with one attached hydrogen (secondary N) is 2. The van der Waals surface area contributed by atoms with Gasteiger partial charge in [0, 0.05) is 111 Å². The maximum absolute atomic E-state index is 15.4. The summed E-state index contributed by atoms with van der Waals surface area (Å²) < 4.78 is 19.8. The molecule has 2 bridgehead atoms. The van der Waals surface area contributed by atoms with Crippen molar-refractivity contribution in [3.05, 3.63) is 120 Å². The summed E-state index contributed by atoms with van der Waals surface area (Å²) >= 11 is 0. The Hall–Kier alpha value is -5.26. The van der Waals surface area contributed by atoms with Crippen molar-refractivity contribution in [3.63, 3.8) is 0 Å². The van der Waals surface area contributed by atoms with Gasteiger partial charge in [0.2, 0.25) is 5.95 Å². The molecule has 0 spiro atoms. The first kappa shape index (κ1) is 42.1. The van der Waals surface area contributed by atoms with E-state index < -0.39 is 0 Å². The molecule has 0 radical (unpaired) electrons. The number of hydrogen-bond acceptors (Lipinski definition) is 8. The van der Waals surface area contributed by atoms with Crippen LogP contribution in [0.2, 0.25) is 0 Å². The molecule has 4 aliphatic heterocycles. The second-order valence-corrected chi connectivity index (χ2v) is 18.7. The summed E-state index contributed by atoms with van der Waals surface area (Å²) in [7, 11) is 2.04. The Balaban J connectivity index is 0.791. The van der Waals surface area contributed by atoms with Gasteiger partial charge in [0.05, 0.1) is 22.9 Å². The number of fused-ring (bicyclic) bond motifs is 7. The molecule has 10 nitrogen and oxygen atoms in total. The first-order valence-electron chi connectivity index (χ1n) is 23.1. The quantitative estimate of drug-likeness (QED) is 0.168. The number of aryl methyl sites for hydroxylation is 2. The van der Waals surface area contributed by atoms with Crippen LogP contribution in [0.1, 0.15) is 92.3 Å². The van der Waals surface area contributed by atoms with Gasteiger partial charge in [-0.3, -0.25) is 14.6 Å². The smallest absolute Gasteiger partial charge is 0.208 e. The molecular weight excluding hydrogens is 772 g/mol. The number of anilines is 2. The normalized spacial score (nSPS) is 21.2. The third kappa shape index (κ3) is 9.25. The first-order chi connectivity index (χ1) is 30.0. The average molecular weight is 837 g/mol. The van der Waals surface area contributed by atoms with Gasteiger partial charge in [0.1, 0.15) is 5.82 Å². The van der Waals surface area contributed by atoms with E-state index in [1.165, 1.54) is 23.2 Å². The predicted molar refractivity (Wildman–Crippen MR) is 251 cm³/mol. The van der Waals surface area contributed by atoms with E-state index in [-0.39, 0.29) is 11.7 Å². The molecule has 3 aromatic heterocycles. The summed E-state index contributed by atoms with van der Waals surface area (Å²) in [5, 5.41) is 11.5. The Morgan fingerprint density at radius 2 is 1.65 bits per heavy atom. The number of rotatable bonds is 7. The third-order valence-corrected chi connectivity index (χ3v) is 14.1. The largest absolute Gasteiger partial charge is 0.371 e. The lowest BCUT2D eigenvalue weighted by Crippen LogP contribution is -2.46. The lowest BCUT2D eigenvalue weighted by molar-refractivity contribution is 0.120. The van der Waals surface area contributed by atoms with E-state index in [2.05, 4.69) is 98.1 Å². The maximum atomic E-state index is 15.4. The Labute approximate surface area is 367 Å². The van der Waals surface area contributed by atoms with Crippen LogP contribution in [0.25, 0.3) is 28.0 Å². The molecular formula is C51H65FN10. The highest BCUT2D eigenvalue weighted by Crippen LogP contribution is 2.36. The topological polar surface area (TPSA) is 82.3 Å². The number of piperazine rings is 1. The number of pyridine rings is 1. The molecule has 5 aromatic rings. The van der Waals surface area contributed by atoms with Crippen LogP contribution < -0.4 is 15.5 Å². The van der Waals surface area contributed by atoms with E-state index in [1.807, 2.05) is 30.9 Å². The molecule has 3 fully saturated rings. The van der Waals surface area contributed by atoms with Crippen LogP contribution in [0.4, 0.5) is 16.0 Å². The number of piperidine rings is 2. The van der Waals surface area contributed by atoms with Crippen LogP contribution in [0.5, 0.6) is 0 Å². The minimum Gasteiger partial charge on any atom is -0.371 e. The standard InChI is InChI=1S/C51H65FN10/c1-34-9-7-8-10-49-45(31-53-58(49)6)48-29-41(27-36(3)55-48)37(4)56-51-57-47-16-12-40(28-50(47)62(51)32-34)33-60-25-23-59(24-26-60)20-17-39-18-21-61(22-19-39)42-13-15-44(46(52)30-42)43-14-11-35(2)54-38(43)5/h12-13,15-16,27-31,34,39,43,54H,2,4-5,7-11,14,17-26,32-33H2,1,3,6H3,(H,56,57)/t34-,43?/m1/s1. The fourth-order valence-corrected chi connectivity index (χ4v) is 10.4. The molecule has 2 aromatic carbocycles. The Morgan fingerprint density at radius 1 is 0.839 bits per heavy atom. The molecule has 326 valence electrons. The number of nitrogens with zero attached hydrogens (tertiary/aromatic N) is 8. The Bertz CT molecular complexity index is 2450. The molecule has 0 saturated carbocycles. The summed E-state index contributed by atoms with van der Waals surface area (Å²) in [6, 6.07) is 16.9. The SMILES string of the molecule is C=C1CCC(c2ccc(N3CCC(CCN4CCN(Cc5ccc6nc7n(c6c5)C[C@H](C)CCCCc5c(cnn5C)-c5cc(cc(C)n5)C(=C)N7)CC4)CC3)cc2F)C(=C)N1. The van der Waals surface area contributed by atoms with Gasteiger partial charge in [-0.15, -0.1) is 0 Å². The van der Waals surface area contributed by atoms with Crippen LogP contribution in [0, 0.1) is 24.6 Å². The van der Waals surface area contributed by atoms with Crippen molar-refractivity contribution in [1.82, 2.24) is 39.4 Å². The van der Waals surface area contributed by atoms with E-state index in [4.69, 9.17) is 9.97 Å². The van der Waals surface area contributed by atoms with Crippen molar-refractivity contribution >= 4 is 28.4 Å². The second-order valence-electron chi connectivity index (χ2n) is 18.7. The van der Waals surface area contributed by atoms with Crippen LogP contribution in [0.15, 0.2) is 85.9 Å². The molecule has 2 atom stereocenters. The van der Waals surface area contributed by atoms with Gasteiger partial charge in [-0.05, 0) is 124 Å². The number of benzene rings is 2. The summed E-state index contributed by atoms with van der Waals surface area (Å²) in [6.45, 7) is 26.4. The van der Waals surface area contributed by atoms with Crippen LogP contribution in [-0.4, -0.2) is 79.9 Å². The molecule has 4 aliphatic rings. The van der Waals surface area contributed by atoms with Crippen molar-refractivity contribution in [3.8, 4) is 11.3 Å². The molecule has 0 amide bonds. The van der Waals surface area contributed by atoms with Crippen LogP contribution >= 0.6 is 0 Å². The van der Waals surface area contributed by atoms with E-state index in [9.17, 15) is 0 Å². The molecule has 7 heterocycles. The van der Waals surface area contributed by atoms with Gasteiger partial charge in [-0.25, -0.2) is 9.37 Å². The maximum Gasteiger partial charge on any atom is 0.208 e. The van der Waals surface area contributed by atoms with Crippen molar-refractivity contribution in [2.75, 3.05) is 56.0 Å². The minimum atomic E-state index is -0.122.